The Balaban J connectivity index is 1.67. The maximum Gasteiger partial charge on any atom is 0.326 e. The number of aromatic nitrogens is 2. The highest BCUT2D eigenvalue weighted by Gasteiger charge is 2.27. The maximum atomic E-state index is 12.1. The van der Waals surface area contributed by atoms with Crippen molar-refractivity contribution >= 4 is 11.9 Å². The van der Waals surface area contributed by atoms with Crippen molar-refractivity contribution in [1.82, 2.24) is 15.5 Å². The SMILES string of the molecule is O=C(N[C@H](Cc1ccccc1)C(=O)O)c1cc(C2CC2)[nH]n1. The number of rotatable bonds is 6. The molecule has 0 spiro atoms. The molecule has 1 atom stereocenters. The van der Waals surface area contributed by atoms with E-state index in [1.807, 2.05) is 30.3 Å². The van der Waals surface area contributed by atoms with Gasteiger partial charge in [-0.05, 0) is 24.5 Å². The van der Waals surface area contributed by atoms with Crippen LogP contribution >= 0.6 is 0 Å². The van der Waals surface area contributed by atoms with Crippen molar-refractivity contribution in [3.8, 4) is 0 Å². The fourth-order valence-electron chi connectivity index (χ4n) is 2.34. The molecule has 0 radical (unpaired) electrons. The Bertz CT molecular complexity index is 677. The first kappa shape index (κ1) is 14.3. The normalized spacial score (nSPS) is 15.3. The number of nitrogens with zero attached hydrogens (tertiary/aromatic N) is 1. The number of amides is 1. The predicted molar refractivity (Wildman–Crippen MR) is 79.6 cm³/mol. The number of H-pyrrole nitrogens is 1. The molecule has 22 heavy (non-hydrogen) atoms. The van der Waals surface area contributed by atoms with E-state index in [-0.39, 0.29) is 12.1 Å². The second-order valence-corrected chi connectivity index (χ2v) is 5.54. The Labute approximate surface area is 127 Å². The van der Waals surface area contributed by atoms with Crippen LogP contribution in [0.2, 0.25) is 0 Å². The van der Waals surface area contributed by atoms with E-state index in [0.29, 0.717) is 5.92 Å². The smallest absolute Gasteiger partial charge is 0.326 e. The molecule has 6 heteroatoms. The van der Waals surface area contributed by atoms with Crippen molar-refractivity contribution in [2.24, 2.45) is 0 Å². The summed E-state index contributed by atoms with van der Waals surface area (Å²) in [5.74, 6) is -1.06. The molecule has 1 heterocycles. The van der Waals surface area contributed by atoms with E-state index in [2.05, 4.69) is 15.5 Å². The van der Waals surface area contributed by atoms with E-state index in [1.54, 1.807) is 6.07 Å². The minimum atomic E-state index is -1.06. The van der Waals surface area contributed by atoms with E-state index < -0.39 is 17.9 Å². The van der Waals surface area contributed by atoms with Gasteiger partial charge < -0.3 is 10.4 Å². The Morgan fingerprint density at radius 2 is 2.05 bits per heavy atom. The van der Waals surface area contributed by atoms with E-state index in [9.17, 15) is 14.7 Å². The number of carboxylic acids is 1. The summed E-state index contributed by atoms with van der Waals surface area (Å²) in [6.45, 7) is 0. The lowest BCUT2D eigenvalue weighted by Gasteiger charge is -2.13. The summed E-state index contributed by atoms with van der Waals surface area (Å²) < 4.78 is 0. The first-order valence-electron chi connectivity index (χ1n) is 7.26. The number of hydrogen-bond donors (Lipinski definition) is 3. The lowest BCUT2D eigenvalue weighted by atomic mass is 10.1. The van der Waals surface area contributed by atoms with Crippen LogP contribution in [0.25, 0.3) is 0 Å². The van der Waals surface area contributed by atoms with Gasteiger partial charge >= 0.3 is 5.97 Å². The molecule has 2 aromatic rings. The van der Waals surface area contributed by atoms with Crippen molar-refractivity contribution in [2.75, 3.05) is 0 Å². The molecule has 3 rings (SSSR count). The molecule has 114 valence electrons. The van der Waals surface area contributed by atoms with Crippen molar-refractivity contribution < 1.29 is 14.7 Å². The third-order valence-corrected chi connectivity index (χ3v) is 3.73. The number of aliphatic carboxylic acids is 1. The van der Waals surface area contributed by atoms with Gasteiger partial charge in [0.2, 0.25) is 0 Å². The molecule has 1 amide bonds. The lowest BCUT2D eigenvalue weighted by Crippen LogP contribution is -2.42. The second kappa shape index (κ2) is 6.01. The highest BCUT2D eigenvalue weighted by Crippen LogP contribution is 2.38. The zero-order chi connectivity index (χ0) is 15.5. The van der Waals surface area contributed by atoms with Gasteiger partial charge in [0.25, 0.3) is 5.91 Å². The first-order chi connectivity index (χ1) is 10.6. The number of carbonyl (C=O) groups is 2. The summed E-state index contributed by atoms with van der Waals surface area (Å²) in [5.41, 5.74) is 2.04. The molecular formula is C16H17N3O3. The second-order valence-electron chi connectivity index (χ2n) is 5.54. The van der Waals surface area contributed by atoms with Crippen molar-refractivity contribution in [1.29, 1.82) is 0 Å². The molecule has 6 nitrogen and oxygen atoms in total. The first-order valence-corrected chi connectivity index (χ1v) is 7.26. The molecule has 1 aliphatic rings. The fourth-order valence-corrected chi connectivity index (χ4v) is 2.34. The number of nitrogens with one attached hydrogen (secondary N) is 2. The van der Waals surface area contributed by atoms with Crippen LogP contribution in [0, 0.1) is 0 Å². The lowest BCUT2D eigenvalue weighted by molar-refractivity contribution is -0.139. The predicted octanol–water partition coefficient (Wildman–Crippen LogP) is 1.71. The largest absolute Gasteiger partial charge is 0.480 e. The molecule has 1 fully saturated rings. The van der Waals surface area contributed by atoms with Gasteiger partial charge in [-0.15, -0.1) is 0 Å². The summed E-state index contributed by atoms with van der Waals surface area (Å²) in [6, 6.07) is 9.94. The van der Waals surface area contributed by atoms with E-state index in [1.165, 1.54) is 0 Å². The molecular weight excluding hydrogens is 282 g/mol. The van der Waals surface area contributed by atoms with Crippen LogP contribution in [-0.2, 0) is 11.2 Å². The van der Waals surface area contributed by atoms with Crippen LogP contribution in [0.15, 0.2) is 36.4 Å². The molecule has 3 N–H and O–H groups in total. The monoisotopic (exact) mass is 299 g/mol. The standard InChI is InChI=1S/C16H17N3O3/c20-15(13-9-12(18-19-13)11-6-7-11)17-14(16(21)22)8-10-4-2-1-3-5-10/h1-5,9,11,14H,6-8H2,(H,17,20)(H,18,19)(H,21,22)/t14-/m1/s1. The van der Waals surface area contributed by atoms with Crippen LogP contribution < -0.4 is 5.32 Å². The third-order valence-electron chi connectivity index (χ3n) is 3.73. The van der Waals surface area contributed by atoms with Crippen LogP contribution in [0.1, 0.15) is 40.5 Å². The van der Waals surface area contributed by atoms with Gasteiger partial charge in [0.05, 0.1) is 0 Å². The molecule has 0 saturated heterocycles. The summed E-state index contributed by atoms with van der Waals surface area (Å²) in [7, 11) is 0. The minimum absolute atomic E-state index is 0.237. The molecule has 1 aromatic carbocycles. The highest BCUT2D eigenvalue weighted by molar-refractivity contribution is 5.95. The zero-order valence-corrected chi connectivity index (χ0v) is 12.0. The van der Waals surface area contributed by atoms with Gasteiger partial charge in [-0.3, -0.25) is 9.89 Å². The van der Waals surface area contributed by atoms with Crippen LogP contribution in [0.5, 0.6) is 0 Å². The Morgan fingerprint density at radius 3 is 2.68 bits per heavy atom. The summed E-state index contributed by atoms with van der Waals surface area (Å²) in [6.07, 6.45) is 2.45. The molecule has 1 aromatic heterocycles. The van der Waals surface area contributed by atoms with Gasteiger partial charge in [0.1, 0.15) is 11.7 Å². The Kier molecular flexibility index (Phi) is 3.91. The van der Waals surface area contributed by atoms with Gasteiger partial charge in [-0.25, -0.2) is 4.79 Å². The summed E-state index contributed by atoms with van der Waals surface area (Å²) in [5, 5.41) is 18.6. The van der Waals surface area contributed by atoms with Crippen molar-refractivity contribution in [3.05, 3.63) is 53.3 Å². The number of carbonyl (C=O) groups excluding carboxylic acids is 1. The quantitative estimate of drug-likeness (QED) is 0.756. The van der Waals surface area contributed by atoms with Crippen molar-refractivity contribution in [3.63, 3.8) is 0 Å². The maximum absolute atomic E-state index is 12.1. The zero-order valence-electron chi connectivity index (χ0n) is 12.0. The molecule has 0 unspecified atom stereocenters. The average Bonchev–Trinajstić information content (AvgIpc) is 3.24. The topological polar surface area (TPSA) is 95.1 Å². The Morgan fingerprint density at radius 1 is 1.32 bits per heavy atom. The molecule has 1 aliphatic carbocycles. The van der Waals surface area contributed by atoms with Crippen LogP contribution in [0.3, 0.4) is 0 Å². The molecule has 1 saturated carbocycles. The van der Waals surface area contributed by atoms with Gasteiger partial charge in [-0.1, -0.05) is 30.3 Å². The summed E-state index contributed by atoms with van der Waals surface area (Å²) in [4.78, 5) is 23.5. The average molecular weight is 299 g/mol. The van der Waals surface area contributed by atoms with Crippen molar-refractivity contribution in [2.45, 2.75) is 31.2 Å². The number of carboxylic acid groups (broad SMARTS) is 1. The van der Waals surface area contributed by atoms with Gasteiger partial charge in [-0.2, -0.15) is 5.10 Å². The molecule has 0 aliphatic heterocycles. The fraction of sp³-hybridized carbons (Fsp3) is 0.312. The molecule has 0 bridgehead atoms. The van der Waals surface area contributed by atoms with E-state index in [4.69, 9.17) is 0 Å². The number of hydrogen-bond acceptors (Lipinski definition) is 3. The van der Waals surface area contributed by atoms with Gasteiger partial charge in [0.15, 0.2) is 0 Å². The number of aromatic amines is 1. The van der Waals surface area contributed by atoms with E-state index >= 15 is 0 Å². The van der Waals surface area contributed by atoms with Crippen LogP contribution in [-0.4, -0.2) is 33.2 Å². The Hall–Kier alpha value is -2.63. The van der Waals surface area contributed by atoms with E-state index in [0.717, 1.165) is 24.1 Å². The van der Waals surface area contributed by atoms with Gasteiger partial charge in [0, 0.05) is 18.0 Å². The third kappa shape index (κ3) is 3.33. The minimum Gasteiger partial charge on any atom is -0.480 e. The summed E-state index contributed by atoms with van der Waals surface area (Å²) >= 11 is 0. The van der Waals surface area contributed by atoms with Crippen LogP contribution in [0.4, 0.5) is 0 Å². The number of benzene rings is 1. The highest BCUT2D eigenvalue weighted by atomic mass is 16.4.